The van der Waals surface area contributed by atoms with Gasteiger partial charge in [-0.3, -0.25) is 19.2 Å². The zero-order valence-corrected chi connectivity index (χ0v) is 18.6. The van der Waals surface area contributed by atoms with E-state index in [9.17, 15) is 29.1 Å². The van der Waals surface area contributed by atoms with E-state index in [1.807, 2.05) is 13.8 Å². The van der Waals surface area contributed by atoms with Crippen LogP contribution in [0.3, 0.4) is 0 Å². The van der Waals surface area contributed by atoms with Crippen LogP contribution in [-0.2, 0) is 24.0 Å². The number of aliphatic carboxylic acids is 2. The summed E-state index contributed by atoms with van der Waals surface area (Å²) in [7, 11) is 0. The van der Waals surface area contributed by atoms with Gasteiger partial charge < -0.3 is 31.5 Å². The van der Waals surface area contributed by atoms with Crippen molar-refractivity contribution < 1.29 is 34.2 Å². The quantitative estimate of drug-likeness (QED) is 0.205. The average molecular weight is 461 g/mol. The highest BCUT2D eigenvalue weighted by atomic mass is 32.1. The molecule has 12 heteroatoms. The molecular weight excluding hydrogens is 428 g/mol. The lowest BCUT2D eigenvalue weighted by Gasteiger charge is -2.29. The number of hydrogen-bond acceptors (Lipinski definition) is 7. The van der Waals surface area contributed by atoms with Crippen molar-refractivity contribution in [2.24, 2.45) is 11.7 Å². The van der Waals surface area contributed by atoms with E-state index in [2.05, 4.69) is 23.3 Å². The Morgan fingerprint density at radius 2 is 1.71 bits per heavy atom. The predicted molar refractivity (Wildman–Crippen MR) is 114 cm³/mol. The Bertz CT molecular complexity index is 688. The van der Waals surface area contributed by atoms with Crippen LogP contribution in [0.15, 0.2) is 0 Å². The lowest BCUT2D eigenvalue weighted by atomic mass is 10.0. The minimum atomic E-state index is -1.23. The third-order valence-corrected chi connectivity index (χ3v) is 5.35. The Hall–Kier alpha value is -2.34. The van der Waals surface area contributed by atoms with Gasteiger partial charge in [0.2, 0.25) is 17.7 Å². The molecule has 11 nitrogen and oxygen atoms in total. The largest absolute Gasteiger partial charge is 0.481 e. The smallest absolute Gasteiger partial charge is 0.326 e. The second-order valence-electron chi connectivity index (χ2n) is 8.00. The highest BCUT2D eigenvalue weighted by molar-refractivity contribution is 7.80. The van der Waals surface area contributed by atoms with Crippen LogP contribution in [0, 0.1) is 5.92 Å². The van der Waals surface area contributed by atoms with Gasteiger partial charge >= 0.3 is 11.9 Å². The van der Waals surface area contributed by atoms with Crippen LogP contribution in [0.4, 0.5) is 0 Å². The van der Waals surface area contributed by atoms with E-state index in [-0.39, 0.29) is 37.5 Å². The summed E-state index contributed by atoms with van der Waals surface area (Å²) >= 11 is 3.96. The van der Waals surface area contributed by atoms with Crippen molar-refractivity contribution in [3.63, 3.8) is 0 Å². The Morgan fingerprint density at radius 3 is 2.23 bits per heavy atom. The third-order valence-electron chi connectivity index (χ3n) is 4.96. The van der Waals surface area contributed by atoms with Crippen LogP contribution in [0.5, 0.6) is 0 Å². The van der Waals surface area contributed by atoms with Crippen LogP contribution in [0.25, 0.3) is 0 Å². The number of nitrogens with zero attached hydrogens (tertiary/aromatic N) is 1. The number of thiol groups is 1. The number of carboxylic acid groups (broad SMARTS) is 2. The summed E-state index contributed by atoms with van der Waals surface area (Å²) in [6.45, 7) is 3.90. The molecule has 0 aromatic rings. The number of likely N-dealkylation sites (tertiary alicyclic amines) is 1. The van der Waals surface area contributed by atoms with Crippen LogP contribution in [0.1, 0.15) is 46.0 Å². The van der Waals surface area contributed by atoms with Gasteiger partial charge in [0, 0.05) is 18.7 Å². The molecule has 4 atom stereocenters. The number of nitrogens with two attached hydrogens (primary N) is 1. The molecular formula is C19H32N4O7S. The molecule has 0 aliphatic carbocycles. The maximum atomic E-state index is 13.0. The Balaban J connectivity index is 3.01. The van der Waals surface area contributed by atoms with Gasteiger partial charge in [0.05, 0.1) is 6.04 Å². The first-order chi connectivity index (χ1) is 14.5. The zero-order valence-electron chi connectivity index (χ0n) is 17.7. The molecule has 0 aromatic carbocycles. The molecule has 1 aliphatic rings. The average Bonchev–Trinajstić information content (AvgIpc) is 3.18. The standard InChI is InChI=1S/C19H32N4O7S/c1-10(2)8-13(22-16(26)11(20)9-31)17(27)21-12(5-6-15(24)25)18(28)23-7-3-4-14(23)19(29)30/h10-14,31H,3-9,20H2,1-2H3,(H,21,27)(H,22,26)(H,24,25)(H,29,30). The lowest BCUT2D eigenvalue weighted by Crippen LogP contribution is -2.57. The first kappa shape index (κ1) is 26.7. The highest BCUT2D eigenvalue weighted by Gasteiger charge is 2.38. The maximum Gasteiger partial charge on any atom is 0.326 e. The summed E-state index contributed by atoms with van der Waals surface area (Å²) < 4.78 is 0. The summed E-state index contributed by atoms with van der Waals surface area (Å²) in [6, 6.07) is -4.16. The molecule has 0 radical (unpaired) electrons. The lowest BCUT2D eigenvalue weighted by molar-refractivity contribution is -0.150. The van der Waals surface area contributed by atoms with Crippen molar-refractivity contribution in [1.82, 2.24) is 15.5 Å². The highest BCUT2D eigenvalue weighted by Crippen LogP contribution is 2.20. The molecule has 1 saturated heterocycles. The van der Waals surface area contributed by atoms with Gasteiger partial charge in [-0.1, -0.05) is 13.8 Å². The second kappa shape index (κ2) is 12.5. The number of carbonyl (C=O) groups excluding carboxylic acids is 3. The summed E-state index contributed by atoms with van der Waals surface area (Å²) in [5.41, 5.74) is 5.65. The van der Waals surface area contributed by atoms with Crippen molar-refractivity contribution >= 4 is 42.3 Å². The molecule has 0 bridgehead atoms. The number of nitrogens with one attached hydrogen (secondary N) is 2. The minimum Gasteiger partial charge on any atom is -0.481 e. The molecule has 4 unspecified atom stereocenters. The van der Waals surface area contributed by atoms with Crippen molar-refractivity contribution in [1.29, 1.82) is 0 Å². The van der Waals surface area contributed by atoms with E-state index in [4.69, 9.17) is 10.8 Å². The van der Waals surface area contributed by atoms with Crippen molar-refractivity contribution in [3.05, 3.63) is 0 Å². The number of carbonyl (C=O) groups is 5. The molecule has 31 heavy (non-hydrogen) atoms. The van der Waals surface area contributed by atoms with Crippen LogP contribution >= 0.6 is 12.6 Å². The first-order valence-corrected chi connectivity index (χ1v) is 10.8. The molecule has 176 valence electrons. The van der Waals surface area contributed by atoms with E-state index < -0.39 is 60.2 Å². The van der Waals surface area contributed by atoms with Gasteiger partial charge in [-0.2, -0.15) is 12.6 Å². The molecule has 6 N–H and O–H groups in total. The van der Waals surface area contributed by atoms with Gasteiger partial charge in [0.1, 0.15) is 18.1 Å². The molecule has 0 aromatic heterocycles. The van der Waals surface area contributed by atoms with E-state index in [1.54, 1.807) is 0 Å². The van der Waals surface area contributed by atoms with Crippen molar-refractivity contribution in [2.45, 2.75) is 70.1 Å². The fraction of sp³-hybridized carbons (Fsp3) is 0.737. The summed E-state index contributed by atoms with van der Waals surface area (Å²) in [6.07, 6.45) is 0.442. The second-order valence-corrected chi connectivity index (χ2v) is 8.37. The molecule has 1 aliphatic heterocycles. The molecule has 1 fully saturated rings. The monoisotopic (exact) mass is 460 g/mol. The number of rotatable bonds is 12. The fourth-order valence-corrected chi connectivity index (χ4v) is 3.52. The SMILES string of the molecule is CC(C)CC(NC(=O)C(N)CS)C(=O)NC(CCC(=O)O)C(=O)N1CCCC1C(=O)O. The van der Waals surface area contributed by atoms with Crippen molar-refractivity contribution in [2.75, 3.05) is 12.3 Å². The van der Waals surface area contributed by atoms with Gasteiger partial charge in [-0.25, -0.2) is 4.79 Å². The van der Waals surface area contributed by atoms with Crippen LogP contribution in [0.2, 0.25) is 0 Å². The van der Waals surface area contributed by atoms with E-state index in [0.29, 0.717) is 6.42 Å². The van der Waals surface area contributed by atoms with E-state index in [0.717, 1.165) is 4.90 Å². The summed E-state index contributed by atoms with van der Waals surface area (Å²) in [4.78, 5) is 61.6. The number of amides is 3. The molecule has 0 spiro atoms. The van der Waals surface area contributed by atoms with E-state index >= 15 is 0 Å². The first-order valence-electron chi connectivity index (χ1n) is 10.2. The van der Waals surface area contributed by atoms with Crippen molar-refractivity contribution in [3.8, 4) is 0 Å². The maximum absolute atomic E-state index is 13.0. The van der Waals surface area contributed by atoms with Gasteiger partial charge in [-0.15, -0.1) is 0 Å². The zero-order chi connectivity index (χ0) is 23.7. The Morgan fingerprint density at radius 1 is 1.10 bits per heavy atom. The Labute approximate surface area is 186 Å². The normalized spacial score (nSPS) is 18.9. The van der Waals surface area contributed by atoms with Crippen LogP contribution in [-0.4, -0.2) is 81.2 Å². The molecule has 3 amide bonds. The molecule has 1 rings (SSSR count). The summed E-state index contributed by atoms with van der Waals surface area (Å²) in [5.74, 6) is -4.10. The van der Waals surface area contributed by atoms with Gasteiger partial charge in [0.25, 0.3) is 0 Å². The predicted octanol–water partition coefficient (Wildman–Crippen LogP) is -0.800. The number of hydrogen-bond donors (Lipinski definition) is 6. The molecule has 1 heterocycles. The summed E-state index contributed by atoms with van der Waals surface area (Å²) in [5, 5.41) is 23.4. The van der Waals surface area contributed by atoms with E-state index in [1.165, 1.54) is 0 Å². The minimum absolute atomic E-state index is 0.0198. The fourth-order valence-electron chi connectivity index (χ4n) is 3.35. The third kappa shape index (κ3) is 8.37. The van der Waals surface area contributed by atoms with Gasteiger partial charge in [-0.05, 0) is 31.6 Å². The number of carboxylic acids is 2. The Kier molecular flexibility index (Phi) is 10.8. The topological polar surface area (TPSA) is 179 Å². The van der Waals surface area contributed by atoms with Crippen LogP contribution < -0.4 is 16.4 Å². The van der Waals surface area contributed by atoms with Gasteiger partial charge in [0.15, 0.2) is 0 Å². The molecule has 0 saturated carbocycles.